The molecule has 2 heterocycles. The zero-order chi connectivity index (χ0) is 26.4. The standard InChI is InChI=1S/C26H24F4N6O/c1-16-13-35(15-33-16)18-7-5-17(6-8-18)21(34-31)12-32-23-11-25(23)10-9-19-20(27)3-2-4-22(19)36(24(25)37)14-26(28,29)30/h2-8,12-13,15,23H,9-11,14,31H2,1H3. The first-order chi connectivity index (χ1) is 17.6. The summed E-state index contributed by atoms with van der Waals surface area (Å²) in [7, 11) is 0. The van der Waals surface area contributed by atoms with Crippen LogP contribution in [0.2, 0.25) is 0 Å². The first kappa shape index (κ1) is 24.7. The van der Waals surface area contributed by atoms with Crippen LogP contribution < -0.4 is 10.7 Å². The number of hydrogen-bond donors (Lipinski definition) is 1. The van der Waals surface area contributed by atoms with Crippen LogP contribution in [-0.4, -0.2) is 46.1 Å². The van der Waals surface area contributed by atoms with Gasteiger partial charge < -0.3 is 15.3 Å². The number of alkyl halides is 3. The molecule has 37 heavy (non-hydrogen) atoms. The van der Waals surface area contributed by atoms with Crippen LogP contribution in [0.25, 0.3) is 5.69 Å². The van der Waals surface area contributed by atoms with Gasteiger partial charge in [0.05, 0.1) is 29.2 Å². The number of nitrogens with zero attached hydrogens (tertiary/aromatic N) is 5. The molecule has 1 amide bonds. The zero-order valence-electron chi connectivity index (χ0n) is 19.9. The molecule has 5 rings (SSSR count). The molecule has 2 unspecified atom stereocenters. The third-order valence-corrected chi connectivity index (χ3v) is 6.94. The number of rotatable bonds is 5. The number of benzene rings is 2. The summed E-state index contributed by atoms with van der Waals surface area (Å²) in [5.74, 6) is 4.28. The van der Waals surface area contributed by atoms with Crippen LogP contribution in [0.5, 0.6) is 0 Å². The van der Waals surface area contributed by atoms with Crippen molar-refractivity contribution in [2.75, 3.05) is 11.4 Å². The highest BCUT2D eigenvalue weighted by molar-refractivity contribution is 6.38. The van der Waals surface area contributed by atoms with Gasteiger partial charge >= 0.3 is 6.18 Å². The average molecular weight is 513 g/mol. The van der Waals surface area contributed by atoms with E-state index in [1.165, 1.54) is 24.4 Å². The molecule has 2 aliphatic rings. The molecule has 2 N–H and O–H groups in total. The number of amides is 1. The van der Waals surface area contributed by atoms with Crippen LogP contribution >= 0.6 is 0 Å². The highest BCUT2D eigenvalue weighted by atomic mass is 19.4. The first-order valence-corrected chi connectivity index (χ1v) is 11.7. The number of imidazole rings is 1. The molecule has 7 nitrogen and oxygen atoms in total. The molecular weight excluding hydrogens is 488 g/mol. The Balaban J connectivity index is 1.37. The topological polar surface area (TPSA) is 88.9 Å². The van der Waals surface area contributed by atoms with Crippen molar-refractivity contribution in [3.8, 4) is 5.69 Å². The third-order valence-electron chi connectivity index (χ3n) is 6.94. The summed E-state index contributed by atoms with van der Waals surface area (Å²) in [6.45, 7) is 0.403. The fourth-order valence-electron chi connectivity index (χ4n) is 4.91. The van der Waals surface area contributed by atoms with Crippen molar-refractivity contribution in [3.63, 3.8) is 0 Å². The highest BCUT2D eigenvalue weighted by Crippen LogP contribution is 2.56. The lowest BCUT2D eigenvalue weighted by atomic mass is 9.96. The van der Waals surface area contributed by atoms with Crippen molar-refractivity contribution in [1.29, 1.82) is 0 Å². The minimum absolute atomic E-state index is 0.0359. The van der Waals surface area contributed by atoms with Gasteiger partial charge in [0.15, 0.2) is 0 Å². The molecule has 1 spiro atoms. The first-order valence-electron chi connectivity index (χ1n) is 11.7. The summed E-state index contributed by atoms with van der Waals surface area (Å²) in [6.07, 6.45) is 0.993. The molecule has 1 aliphatic carbocycles. The van der Waals surface area contributed by atoms with Gasteiger partial charge in [0, 0.05) is 29.2 Å². The number of aliphatic imine (C=N–C) groups is 1. The molecule has 192 valence electrons. The molecule has 0 radical (unpaired) electrons. The predicted molar refractivity (Wildman–Crippen MR) is 131 cm³/mol. The maximum absolute atomic E-state index is 14.5. The molecule has 1 aromatic heterocycles. The van der Waals surface area contributed by atoms with Gasteiger partial charge in [-0.3, -0.25) is 9.79 Å². The fourth-order valence-corrected chi connectivity index (χ4v) is 4.91. The van der Waals surface area contributed by atoms with E-state index in [1.807, 2.05) is 42.0 Å². The van der Waals surface area contributed by atoms with Crippen LogP contribution in [0.4, 0.5) is 23.2 Å². The van der Waals surface area contributed by atoms with E-state index in [0.717, 1.165) is 11.4 Å². The van der Waals surface area contributed by atoms with Crippen LogP contribution in [0.3, 0.4) is 0 Å². The van der Waals surface area contributed by atoms with Gasteiger partial charge in [0.25, 0.3) is 0 Å². The van der Waals surface area contributed by atoms with Gasteiger partial charge in [0.1, 0.15) is 18.1 Å². The lowest BCUT2D eigenvalue weighted by Crippen LogP contribution is -2.43. The van der Waals surface area contributed by atoms with Crippen LogP contribution in [0.15, 0.2) is 65.1 Å². The van der Waals surface area contributed by atoms with Gasteiger partial charge in [-0.25, -0.2) is 9.37 Å². The van der Waals surface area contributed by atoms with Crippen molar-refractivity contribution in [3.05, 3.63) is 77.6 Å². The van der Waals surface area contributed by atoms with Gasteiger partial charge in [0.2, 0.25) is 5.91 Å². The van der Waals surface area contributed by atoms with E-state index < -0.39 is 35.9 Å². The Bertz CT molecular complexity index is 1390. The van der Waals surface area contributed by atoms with E-state index in [2.05, 4.69) is 15.1 Å². The lowest BCUT2D eigenvalue weighted by molar-refractivity contribution is -0.135. The number of halogens is 4. The summed E-state index contributed by atoms with van der Waals surface area (Å²) in [5, 5.41) is 3.80. The molecule has 11 heteroatoms. The number of aromatic nitrogens is 2. The van der Waals surface area contributed by atoms with Gasteiger partial charge in [-0.05, 0) is 50.5 Å². The molecule has 1 aliphatic heterocycles. The summed E-state index contributed by atoms with van der Waals surface area (Å²) < 4.78 is 56.5. The SMILES string of the molecule is Cc1cn(-c2ccc(C(C=NC3CC34CCc3c(F)cccc3N(CC(F)(F)F)C4=O)=NN)cc2)cn1. The van der Waals surface area contributed by atoms with Crippen molar-refractivity contribution in [2.24, 2.45) is 21.4 Å². The third kappa shape index (κ3) is 4.73. The quantitative estimate of drug-likeness (QED) is 0.239. The molecule has 3 aromatic rings. The predicted octanol–water partition coefficient (Wildman–Crippen LogP) is 4.35. The number of nitrogens with two attached hydrogens (primary N) is 1. The highest BCUT2D eigenvalue weighted by Gasteiger charge is 2.62. The molecule has 2 atom stereocenters. The van der Waals surface area contributed by atoms with E-state index in [0.29, 0.717) is 16.2 Å². The van der Waals surface area contributed by atoms with Gasteiger partial charge in [-0.1, -0.05) is 18.2 Å². The van der Waals surface area contributed by atoms with Crippen molar-refractivity contribution in [1.82, 2.24) is 9.55 Å². The number of fused-ring (bicyclic) bond motifs is 1. The second-order valence-corrected chi connectivity index (χ2v) is 9.38. The van der Waals surface area contributed by atoms with Crippen molar-refractivity contribution >= 4 is 23.5 Å². The van der Waals surface area contributed by atoms with Crippen molar-refractivity contribution in [2.45, 2.75) is 38.4 Å². The second-order valence-electron chi connectivity index (χ2n) is 9.38. The molecule has 0 bridgehead atoms. The van der Waals surface area contributed by atoms with E-state index >= 15 is 0 Å². The van der Waals surface area contributed by atoms with Gasteiger partial charge in [-0.2, -0.15) is 18.3 Å². The largest absolute Gasteiger partial charge is 0.406 e. The maximum atomic E-state index is 14.5. The molecule has 0 saturated heterocycles. The Hall–Kier alpha value is -4.02. The Labute approximate surface area is 210 Å². The summed E-state index contributed by atoms with van der Waals surface area (Å²) in [5.41, 5.74) is 1.76. The van der Waals surface area contributed by atoms with Gasteiger partial charge in [-0.15, -0.1) is 0 Å². The summed E-state index contributed by atoms with van der Waals surface area (Å²) in [6, 6.07) is 10.7. The van der Waals surface area contributed by atoms with E-state index in [9.17, 15) is 22.4 Å². The molecule has 1 fully saturated rings. The fraction of sp³-hybridized carbons (Fsp3) is 0.308. The number of carbonyl (C=O) groups excluding carboxylic acids is 1. The van der Waals surface area contributed by atoms with E-state index in [-0.39, 0.29) is 30.5 Å². The minimum atomic E-state index is -4.64. The van der Waals surface area contributed by atoms with Crippen LogP contribution in [-0.2, 0) is 11.2 Å². The summed E-state index contributed by atoms with van der Waals surface area (Å²) >= 11 is 0. The van der Waals surface area contributed by atoms with Crippen molar-refractivity contribution < 1.29 is 22.4 Å². The molecular formula is C26H24F4N6O. The molecule has 2 aromatic carbocycles. The normalized spacial score (nSPS) is 22.0. The number of aryl methyl sites for hydroxylation is 1. The number of hydrogen-bond acceptors (Lipinski definition) is 5. The second kappa shape index (κ2) is 9.13. The maximum Gasteiger partial charge on any atom is 0.406 e. The summed E-state index contributed by atoms with van der Waals surface area (Å²) in [4.78, 5) is 22.8. The minimum Gasteiger partial charge on any atom is -0.323 e. The van der Waals surface area contributed by atoms with Crippen LogP contribution in [0.1, 0.15) is 29.7 Å². The Morgan fingerprint density at radius 1 is 1.24 bits per heavy atom. The van der Waals surface area contributed by atoms with E-state index in [1.54, 1.807) is 6.33 Å². The van der Waals surface area contributed by atoms with Crippen LogP contribution in [0, 0.1) is 18.2 Å². The smallest absolute Gasteiger partial charge is 0.323 e. The average Bonchev–Trinajstić information content (AvgIpc) is 3.43. The number of anilines is 1. The molecule has 1 saturated carbocycles. The van der Waals surface area contributed by atoms with E-state index in [4.69, 9.17) is 5.84 Å². The lowest BCUT2D eigenvalue weighted by Gasteiger charge is -2.27. The Kier molecular flexibility index (Phi) is 6.09. The number of hydrazone groups is 1. The zero-order valence-corrected chi connectivity index (χ0v) is 19.9. The number of carbonyl (C=O) groups is 1. The Morgan fingerprint density at radius 2 is 2.00 bits per heavy atom. The monoisotopic (exact) mass is 512 g/mol. The Morgan fingerprint density at radius 3 is 2.65 bits per heavy atom.